The van der Waals surface area contributed by atoms with E-state index < -0.39 is 6.36 Å². The Hall–Kier alpha value is -1.76. The second kappa shape index (κ2) is 7.68. The highest BCUT2D eigenvalue weighted by molar-refractivity contribution is 5.76. The number of hydrogen-bond acceptors (Lipinski definition) is 3. The number of piperidine rings is 1. The lowest BCUT2D eigenvalue weighted by Crippen LogP contribution is -2.46. The van der Waals surface area contributed by atoms with Crippen molar-refractivity contribution in [1.29, 1.82) is 0 Å². The van der Waals surface area contributed by atoms with Crippen LogP contribution < -0.4 is 15.4 Å². The van der Waals surface area contributed by atoms with Gasteiger partial charge in [0.15, 0.2) is 0 Å². The zero-order chi connectivity index (χ0) is 16.9. The number of hydrogen-bond donors (Lipinski definition) is 2. The Kier molecular flexibility index (Phi) is 5.87. The van der Waals surface area contributed by atoms with Crippen molar-refractivity contribution in [3.05, 3.63) is 29.8 Å². The molecule has 0 aromatic heterocycles. The summed E-state index contributed by atoms with van der Waals surface area (Å²) in [5.74, 6) is -0.394. The van der Waals surface area contributed by atoms with Crippen LogP contribution >= 0.6 is 0 Å². The molecular weight excluding hydrogens is 309 g/mol. The van der Waals surface area contributed by atoms with E-state index >= 15 is 0 Å². The van der Waals surface area contributed by atoms with Crippen LogP contribution in [-0.2, 0) is 11.2 Å². The van der Waals surface area contributed by atoms with E-state index in [1.54, 1.807) is 12.1 Å². The van der Waals surface area contributed by atoms with Gasteiger partial charge in [-0.15, -0.1) is 13.2 Å². The molecule has 2 unspecified atom stereocenters. The molecule has 1 heterocycles. The minimum atomic E-state index is -4.73. The van der Waals surface area contributed by atoms with Crippen molar-refractivity contribution in [2.75, 3.05) is 6.54 Å². The Labute approximate surface area is 133 Å². The third-order valence-electron chi connectivity index (χ3n) is 3.81. The third kappa shape index (κ3) is 6.09. The third-order valence-corrected chi connectivity index (χ3v) is 3.81. The van der Waals surface area contributed by atoms with Gasteiger partial charge in [-0.25, -0.2) is 0 Å². The van der Waals surface area contributed by atoms with Gasteiger partial charge in [-0.3, -0.25) is 4.79 Å². The number of carbonyl (C=O) groups excluding carboxylic acids is 1. The first-order valence-electron chi connectivity index (χ1n) is 7.70. The molecule has 0 spiro atoms. The topological polar surface area (TPSA) is 50.4 Å². The summed E-state index contributed by atoms with van der Waals surface area (Å²) >= 11 is 0. The maximum absolute atomic E-state index is 12.4. The van der Waals surface area contributed by atoms with E-state index in [-0.39, 0.29) is 30.5 Å². The highest BCUT2D eigenvalue weighted by atomic mass is 19.4. The van der Waals surface area contributed by atoms with Crippen molar-refractivity contribution >= 4 is 5.91 Å². The zero-order valence-electron chi connectivity index (χ0n) is 13.0. The molecule has 1 aromatic carbocycles. The summed E-state index contributed by atoms with van der Waals surface area (Å²) < 4.78 is 41.1. The minimum Gasteiger partial charge on any atom is -0.406 e. The van der Waals surface area contributed by atoms with E-state index in [0.717, 1.165) is 19.4 Å². The Bertz CT molecular complexity index is 534. The van der Waals surface area contributed by atoms with Crippen LogP contribution in [0.5, 0.6) is 5.75 Å². The van der Waals surface area contributed by atoms with E-state index in [0.29, 0.717) is 11.6 Å². The van der Waals surface area contributed by atoms with Crippen molar-refractivity contribution < 1.29 is 22.7 Å². The molecule has 1 aliphatic heterocycles. The van der Waals surface area contributed by atoms with Crippen LogP contribution in [0, 0.1) is 0 Å². The Morgan fingerprint density at radius 1 is 1.39 bits per heavy atom. The van der Waals surface area contributed by atoms with Gasteiger partial charge in [0.2, 0.25) is 5.91 Å². The summed E-state index contributed by atoms with van der Waals surface area (Å²) in [7, 11) is 0. The maximum Gasteiger partial charge on any atom is 0.573 e. The van der Waals surface area contributed by atoms with Crippen molar-refractivity contribution in [2.45, 2.75) is 51.1 Å². The van der Waals surface area contributed by atoms with Crippen LogP contribution in [0.1, 0.15) is 31.7 Å². The number of nitrogens with one attached hydrogen (secondary N) is 2. The highest BCUT2D eigenvalue weighted by Gasteiger charge is 2.32. The lowest BCUT2D eigenvalue weighted by atomic mass is 10.00. The van der Waals surface area contributed by atoms with Gasteiger partial charge < -0.3 is 15.4 Å². The molecule has 1 aliphatic rings. The summed E-state index contributed by atoms with van der Waals surface area (Å²) in [6.45, 7) is 2.91. The van der Waals surface area contributed by atoms with E-state index in [1.807, 2.05) is 0 Å². The molecule has 1 amide bonds. The summed E-state index contributed by atoms with van der Waals surface area (Å²) in [6.07, 6.45) is -2.66. The van der Waals surface area contributed by atoms with Gasteiger partial charge in [0.05, 0.1) is 0 Å². The van der Waals surface area contributed by atoms with Crippen LogP contribution in [0.2, 0.25) is 0 Å². The molecule has 2 rings (SSSR count). The summed E-state index contributed by atoms with van der Waals surface area (Å²) in [5, 5.41) is 6.24. The molecule has 0 saturated carbocycles. The number of para-hydroxylation sites is 1. The number of halogens is 3. The van der Waals surface area contributed by atoms with Crippen molar-refractivity contribution in [2.24, 2.45) is 0 Å². The average Bonchev–Trinajstić information content (AvgIpc) is 2.45. The average molecular weight is 330 g/mol. The Morgan fingerprint density at radius 3 is 2.83 bits per heavy atom. The maximum atomic E-state index is 12.4. The van der Waals surface area contributed by atoms with Crippen LogP contribution in [0.4, 0.5) is 13.2 Å². The number of benzene rings is 1. The first-order chi connectivity index (χ1) is 10.8. The fourth-order valence-corrected chi connectivity index (χ4v) is 2.75. The number of rotatable bonds is 5. The van der Waals surface area contributed by atoms with E-state index in [2.05, 4.69) is 22.3 Å². The summed E-state index contributed by atoms with van der Waals surface area (Å²) in [6, 6.07) is 6.39. The van der Waals surface area contributed by atoms with E-state index in [4.69, 9.17) is 0 Å². The summed E-state index contributed by atoms with van der Waals surface area (Å²) in [5.41, 5.74) is 0.374. The van der Waals surface area contributed by atoms with Crippen molar-refractivity contribution in [3.63, 3.8) is 0 Å². The SMILES string of the molecule is CC1CC(NC(=O)CCc2ccccc2OC(F)(F)F)CCN1. The molecule has 23 heavy (non-hydrogen) atoms. The van der Waals surface area contributed by atoms with Crippen LogP contribution in [0.25, 0.3) is 0 Å². The van der Waals surface area contributed by atoms with E-state index in [1.165, 1.54) is 12.1 Å². The van der Waals surface area contributed by atoms with Gasteiger partial charge >= 0.3 is 6.36 Å². The van der Waals surface area contributed by atoms with E-state index in [9.17, 15) is 18.0 Å². The van der Waals surface area contributed by atoms with Gasteiger partial charge in [-0.2, -0.15) is 0 Å². The lowest BCUT2D eigenvalue weighted by molar-refractivity contribution is -0.274. The smallest absolute Gasteiger partial charge is 0.406 e. The number of alkyl halides is 3. The normalized spacial score (nSPS) is 21.7. The minimum absolute atomic E-state index is 0.125. The molecule has 0 bridgehead atoms. The van der Waals surface area contributed by atoms with Gasteiger partial charge in [0, 0.05) is 18.5 Å². The van der Waals surface area contributed by atoms with Crippen LogP contribution in [-0.4, -0.2) is 30.9 Å². The first-order valence-corrected chi connectivity index (χ1v) is 7.70. The van der Waals surface area contributed by atoms with Gasteiger partial charge in [-0.1, -0.05) is 18.2 Å². The van der Waals surface area contributed by atoms with Crippen LogP contribution in [0.15, 0.2) is 24.3 Å². The summed E-state index contributed by atoms with van der Waals surface area (Å²) in [4.78, 5) is 12.0. The predicted octanol–water partition coefficient (Wildman–Crippen LogP) is 2.77. The molecule has 2 atom stereocenters. The fraction of sp³-hybridized carbons (Fsp3) is 0.562. The number of ether oxygens (including phenoxy) is 1. The number of carbonyl (C=O) groups is 1. The molecule has 2 N–H and O–H groups in total. The molecule has 0 radical (unpaired) electrons. The number of aryl methyl sites for hydroxylation is 1. The highest BCUT2D eigenvalue weighted by Crippen LogP contribution is 2.27. The molecule has 4 nitrogen and oxygen atoms in total. The van der Waals surface area contributed by atoms with Crippen molar-refractivity contribution in [1.82, 2.24) is 10.6 Å². The molecule has 128 valence electrons. The van der Waals surface area contributed by atoms with Crippen LogP contribution in [0.3, 0.4) is 0 Å². The van der Waals surface area contributed by atoms with Crippen molar-refractivity contribution in [3.8, 4) is 5.75 Å². The Morgan fingerprint density at radius 2 is 2.13 bits per heavy atom. The Balaban J connectivity index is 1.86. The number of amides is 1. The van der Waals surface area contributed by atoms with Gasteiger partial charge in [0.25, 0.3) is 0 Å². The van der Waals surface area contributed by atoms with Gasteiger partial charge in [-0.05, 0) is 44.4 Å². The molecule has 1 aromatic rings. The molecular formula is C16H21F3N2O2. The standard InChI is InChI=1S/C16H21F3N2O2/c1-11-10-13(8-9-20-11)21-15(22)7-6-12-4-2-3-5-14(12)23-16(17,18)19/h2-5,11,13,20H,6-10H2,1H3,(H,21,22). The predicted molar refractivity (Wildman–Crippen MR) is 80.1 cm³/mol. The fourth-order valence-electron chi connectivity index (χ4n) is 2.75. The van der Waals surface area contributed by atoms with Gasteiger partial charge in [0.1, 0.15) is 5.75 Å². The lowest BCUT2D eigenvalue weighted by Gasteiger charge is -2.28. The second-order valence-electron chi connectivity index (χ2n) is 5.80. The second-order valence-corrected chi connectivity index (χ2v) is 5.80. The monoisotopic (exact) mass is 330 g/mol. The molecule has 7 heteroatoms. The first kappa shape index (κ1) is 17.6. The zero-order valence-corrected chi connectivity index (χ0v) is 13.0. The largest absolute Gasteiger partial charge is 0.573 e. The quantitative estimate of drug-likeness (QED) is 0.873. The molecule has 1 saturated heterocycles. The molecule has 0 aliphatic carbocycles. The molecule has 1 fully saturated rings.